The number of nitrogens with zero attached hydrogens (tertiary/aromatic N) is 1. The number of nitrogens with one attached hydrogen (secondary N) is 2. The van der Waals surface area contributed by atoms with E-state index in [4.69, 9.17) is 4.74 Å². The molecule has 0 bridgehead atoms. The second kappa shape index (κ2) is 10.6. The fourth-order valence-electron chi connectivity index (χ4n) is 4.42. The molecule has 2 aliphatic rings. The number of carbonyl (C=O) groups is 3. The Bertz CT molecular complexity index is 770. The quantitative estimate of drug-likeness (QED) is 0.652. The summed E-state index contributed by atoms with van der Waals surface area (Å²) < 4.78 is 5.16. The molecule has 7 nitrogen and oxygen atoms in total. The summed E-state index contributed by atoms with van der Waals surface area (Å²) >= 11 is 0. The van der Waals surface area contributed by atoms with Crippen molar-refractivity contribution < 1.29 is 19.1 Å². The summed E-state index contributed by atoms with van der Waals surface area (Å²) in [7, 11) is 1.59. The van der Waals surface area contributed by atoms with Crippen molar-refractivity contribution in [2.45, 2.75) is 70.9 Å². The Labute approximate surface area is 184 Å². The largest absolute Gasteiger partial charge is 0.497 e. The summed E-state index contributed by atoms with van der Waals surface area (Å²) in [6.45, 7) is 4.17. The van der Waals surface area contributed by atoms with Gasteiger partial charge < -0.3 is 20.3 Å². The van der Waals surface area contributed by atoms with Crippen LogP contribution in [-0.2, 0) is 14.4 Å². The number of ether oxygens (including phenoxy) is 1. The molecule has 7 heteroatoms. The predicted octanol–water partition coefficient (Wildman–Crippen LogP) is 3.03. The minimum Gasteiger partial charge on any atom is -0.497 e. The van der Waals surface area contributed by atoms with Crippen LogP contribution in [0.15, 0.2) is 24.3 Å². The van der Waals surface area contributed by atoms with Crippen LogP contribution in [0.5, 0.6) is 5.75 Å². The van der Waals surface area contributed by atoms with Crippen LogP contribution in [-0.4, -0.2) is 43.5 Å². The number of methoxy groups -OCH3 is 1. The number of rotatable bonds is 7. The fourth-order valence-corrected chi connectivity index (χ4v) is 4.42. The van der Waals surface area contributed by atoms with Crippen LogP contribution in [0, 0.1) is 11.8 Å². The van der Waals surface area contributed by atoms with Gasteiger partial charge in [-0.25, -0.2) is 0 Å². The van der Waals surface area contributed by atoms with Crippen LogP contribution < -0.4 is 20.3 Å². The van der Waals surface area contributed by atoms with Crippen molar-refractivity contribution in [2.24, 2.45) is 11.8 Å². The van der Waals surface area contributed by atoms with Crippen LogP contribution in [0.25, 0.3) is 0 Å². The standard InChI is InChI=1S/C24H35N3O4/c1-16(2)22(24(30)25-18-8-6-4-5-7-9-18)26-23(29)17-14-21(28)27(15-17)19-10-12-20(31-3)13-11-19/h10-13,16-18,22H,4-9,14-15H2,1-3H3,(H,25,30)(H,26,29)/t17?,22-/m0/s1. The van der Waals surface area contributed by atoms with Crippen LogP contribution in [0.3, 0.4) is 0 Å². The first-order chi connectivity index (χ1) is 14.9. The second-order valence-electron chi connectivity index (χ2n) is 9.03. The van der Waals surface area contributed by atoms with Crippen molar-refractivity contribution in [2.75, 3.05) is 18.6 Å². The van der Waals surface area contributed by atoms with Gasteiger partial charge in [0.25, 0.3) is 0 Å². The minimum atomic E-state index is -0.596. The molecule has 1 heterocycles. The van der Waals surface area contributed by atoms with Gasteiger partial charge in [-0.05, 0) is 43.0 Å². The molecule has 2 fully saturated rings. The summed E-state index contributed by atoms with van der Waals surface area (Å²) in [6.07, 6.45) is 6.85. The van der Waals surface area contributed by atoms with Gasteiger partial charge in [0.2, 0.25) is 17.7 Å². The smallest absolute Gasteiger partial charge is 0.243 e. The maximum Gasteiger partial charge on any atom is 0.243 e. The molecule has 2 N–H and O–H groups in total. The van der Waals surface area contributed by atoms with Gasteiger partial charge in [-0.15, -0.1) is 0 Å². The van der Waals surface area contributed by atoms with Crippen LogP contribution in [0.4, 0.5) is 5.69 Å². The highest BCUT2D eigenvalue weighted by molar-refractivity contribution is 6.01. The van der Waals surface area contributed by atoms with Gasteiger partial charge in [-0.1, -0.05) is 39.5 Å². The number of benzene rings is 1. The Morgan fingerprint density at radius 3 is 2.29 bits per heavy atom. The molecule has 1 aromatic carbocycles. The summed E-state index contributed by atoms with van der Waals surface area (Å²) in [5.74, 6) is -0.241. The Morgan fingerprint density at radius 2 is 1.71 bits per heavy atom. The lowest BCUT2D eigenvalue weighted by atomic mass is 10.00. The maximum absolute atomic E-state index is 12.9. The molecular formula is C24H35N3O4. The van der Waals surface area contributed by atoms with E-state index in [9.17, 15) is 14.4 Å². The molecule has 0 spiro atoms. The molecule has 1 aliphatic heterocycles. The van der Waals surface area contributed by atoms with E-state index in [-0.39, 0.29) is 36.1 Å². The molecule has 2 atom stereocenters. The first-order valence-electron chi connectivity index (χ1n) is 11.4. The molecule has 1 saturated carbocycles. The van der Waals surface area contributed by atoms with E-state index < -0.39 is 12.0 Å². The lowest BCUT2D eigenvalue weighted by Gasteiger charge is -2.26. The van der Waals surface area contributed by atoms with Crippen molar-refractivity contribution in [3.63, 3.8) is 0 Å². The third-order valence-electron chi connectivity index (χ3n) is 6.33. The van der Waals surface area contributed by atoms with Gasteiger partial charge in [-0.3, -0.25) is 14.4 Å². The normalized spacial score (nSPS) is 21.0. The lowest BCUT2D eigenvalue weighted by molar-refractivity contribution is -0.132. The van der Waals surface area contributed by atoms with Crippen LogP contribution >= 0.6 is 0 Å². The van der Waals surface area contributed by atoms with Gasteiger partial charge >= 0.3 is 0 Å². The molecule has 1 aromatic rings. The van der Waals surface area contributed by atoms with Gasteiger partial charge in [0.1, 0.15) is 11.8 Å². The third-order valence-corrected chi connectivity index (χ3v) is 6.33. The molecule has 0 aromatic heterocycles. The zero-order chi connectivity index (χ0) is 22.4. The van der Waals surface area contributed by atoms with E-state index in [1.165, 1.54) is 12.8 Å². The van der Waals surface area contributed by atoms with Gasteiger partial charge in [0.15, 0.2) is 0 Å². The van der Waals surface area contributed by atoms with E-state index in [0.29, 0.717) is 12.3 Å². The first kappa shape index (κ1) is 23.1. The van der Waals surface area contributed by atoms with E-state index in [2.05, 4.69) is 10.6 Å². The zero-order valence-corrected chi connectivity index (χ0v) is 18.9. The lowest BCUT2D eigenvalue weighted by Crippen LogP contribution is -2.53. The molecule has 170 valence electrons. The van der Waals surface area contributed by atoms with Gasteiger partial charge in [-0.2, -0.15) is 0 Å². The molecule has 1 saturated heterocycles. The highest BCUT2D eigenvalue weighted by Gasteiger charge is 2.37. The molecule has 31 heavy (non-hydrogen) atoms. The molecular weight excluding hydrogens is 394 g/mol. The van der Waals surface area contributed by atoms with E-state index in [1.54, 1.807) is 24.1 Å². The Hall–Kier alpha value is -2.57. The first-order valence-corrected chi connectivity index (χ1v) is 11.4. The highest BCUT2D eigenvalue weighted by Crippen LogP contribution is 2.27. The summed E-state index contributed by atoms with van der Waals surface area (Å²) in [4.78, 5) is 40.0. The fraction of sp³-hybridized carbons (Fsp3) is 0.625. The maximum atomic E-state index is 12.9. The van der Waals surface area contributed by atoms with Crippen molar-refractivity contribution in [3.8, 4) is 5.75 Å². The summed E-state index contributed by atoms with van der Waals surface area (Å²) in [5.41, 5.74) is 0.743. The highest BCUT2D eigenvalue weighted by atomic mass is 16.5. The topological polar surface area (TPSA) is 87.7 Å². The minimum absolute atomic E-state index is 0.0375. The molecule has 1 aliphatic carbocycles. The van der Waals surface area contributed by atoms with Crippen molar-refractivity contribution in [1.29, 1.82) is 0 Å². The Morgan fingerprint density at radius 1 is 1.06 bits per heavy atom. The predicted molar refractivity (Wildman–Crippen MR) is 120 cm³/mol. The summed E-state index contributed by atoms with van der Waals surface area (Å²) in [5, 5.41) is 6.07. The van der Waals surface area contributed by atoms with Crippen molar-refractivity contribution >= 4 is 23.4 Å². The number of amides is 3. The SMILES string of the molecule is COc1ccc(N2CC(C(=O)N[C@H](C(=O)NC3CCCCCC3)C(C)C)CC2=O)cc1. The monoisotopic (exact) mass is 429 g/mol. The van der Waals surface area contributed by atoms with E-state index >= 15 is 0 Å². The van der Waals surface area contributed by atoms with Crippen molar-refractivity contribution in [3.05, 3.63) is 24.3 Å². The number of hydrogen-bond acceptors (Lipinski definition) is 4. The van der Waals surface area contributed by atoms with E-state index in [1.807, 2.05) is 26.0 Å². The number of hydrogen-bond donors (Lipinski definition) is 2. The van der Waals surface area contributed by atoms with Crippen molar-refractivity contribution in [1.82, 2.24) is 10.6 Å². The number of anilines is 1. The summed E-state index contributed by atoms with van der Waals surface area (Å²) in [6, 6.07) is 6.81. The van der Waals surface area contributed by atoms with Crippen LogP contribution in [0.1, 0.15) is 58.8 Å². The molecule has 3 amide bonds. The Kier molecular flexibility index (Phi) is 7.93. The molecule has 3 rings (SSSR count). The molecule has 0 radical (unpaired) electrons. The van der Waals surface area contributed by atoms with Crippen LogP contribution in [0.2, 0.25) is 0 Å². The van der Waals surface area contributed by atoms with Gasteiger partial charge in [0, 0.05) is 24.7 Å². The average Bonchev–Trinajstić information content (AvgIpc) is 2.96. The second-order valence-corrected chi connectivity index (χ2v) is 9.03. The average molecular weight is 430 g/mol. The van der Waals surface area contributed by atoms with Gasteiger partial charge in [0.05, 0.1) is 13.0 Å². The zero-order valence-electron chi connectivity index (χ0n) is 18.9. The number of carbonyl (C=O) groups excluding carboxylic acids is 3. The molecule has 1 unspecified atom stereocenters. The third kappa shape index (κ3) is 5.99. The van der Waals surface area contributed by atoms with E-state index in [0.717, 1.165) is 31.4 Å². The Balaban J connectivity index is 1.59.